The van der Waals surface area contributed by atoms with Crippen molar-refractivity contribution in [3.8, 4) is 0 Å². The van der Waals surface area contributed by atoms with Crippen LogP contribution in [0.3, 0.4) is 0 Å². The summed E-state index contributed by atoms with van der Waals surface area (Å²) in [5.41, 5.74) is 0.231. The van der Waals surface area contributed by atoms with Gasteiger partial charge in [-0.2, -0.15) is 0 Å². The van der Waals surface area contributed by atoms with Gasteiger partial charge in [-0.25, -0.2) is 9.37 Å². The standard InChI is InChI=1S/C14H16FN3OS/c1-2-5-16-13-12(7-10(15)8-17-13)14(19)18-9-11-4-3-6-20-11/h3-4,6-8H,2,5,9H2,1H3,(H,16,17)(H,18,19). The molecule has 0 spiro atoms. The van der Waals surface area contributed by atoms with Crippen LogP contribution in [0, 0.1) is 5.82 Å². The molecular weight excluding hydrogens is 277 g/mol. The van der Waals surface area contributed by atoms with Crippen LogP contribution >= 0.6 is 11.3 Å². The number of nitrogens with zero attached hydrogens (tertiary/aromatic N) is 1. The summed E-state index contributed by atoms with van der Waals surface area (Å²) >= 11 is 1.56. The minimum absolute atomic E-state index is 0.231. The summed E-state index contributed by atoms with van der Waals surface area (Å²) in [4.78, 5) is 17.1. The van der Waals surface area contributed by atoms with Gasteiger partial charge in [0.05, 0.1) is 18.3 Å². The molecule has 2 aromatic heterocycles. The molecule has 0 bridgehead atoms. The molecule has 0 radical (unpaired) electrons. The molecule has 2 aromatic rings. The summed E-state index contributed by atoms with van der Waals surface area (Å²) in [6.07, 6.45) is 2.00. The molecule has 0 saturated heterocycles. The fourth-order valence-electron chi connectivity index (χ4n) is 1.67. The lowest BCUT2D eigenvalue weighted by Crippen LogP contribution is -2.24. The normalized spacial score (nSPS) is 10.3. The average Bonchev–Trinajstić information content (AvgIpc) is 2.96. The van der Waals surface area contributed by atoms with E-state index in [4.69, 9.17) is 0 Å². The van der Waals surface area contributed by atoms with E-state index in [1.165, 1.54) is 6.07 Å². The zero-order valence-corrected chi connectivity index (χ0v) is 12.0. The van der Waals surface area contributed by atoms with Gasteiger partial charge in [-0.3, -0.25) is 4.79 Å². The van der Waals surface area contributed by atoms with Gasteiger partial charge < -0.3 is 10.6 Å². The van der Waals surface area contributed by atoms with Gasteiger partial charge in [-0.15, -0.1) is 11.3 Å². The third kappa shape index (κ3) is 3.77. The Labute approximate surface area is 121 Å². The van der Waals surface area contributed by atoms with E-state index in [0.717, 1.165) is 17.5 Å². The van der Waals surface area contributed by atoms with Gasteiger partial charge >= 0.3 is 0 Å². The van der Waals surface area contributed by atoms with Gasteiger partial charge in [0, 0.05) is 11.4 Å². The number of amides is 1. The number of rotatable bonds is 6. The van der Waals surface area contributed by atoms with Crippen LogP contribution in [-0.2, 0) is 6.54 Å². The summed E-state index contributed by atoms with van der Waals surface area (Å²) in [5.74, 6) is -0.436. The second-order valence-electron chi connectivity index (χ2n) is 4.24. The largest absolute Gasteiger partial charge is 0.369 e. The Morgan fingerprint density at radius 2 is 2.35 bits per heavy atom. The molecule has 0 unspecified atom stereocenters. The maximum absolute atomic E-state index is 13.3. The number of hydrogen-bond donors (Lipinski definition) is 2. The Balaban J connectivity index is 2.08. The first-order chi connectivity index (χ1) is 9.70. The van der Waals surface area contributed by atoms with Crippen LogP contribution in [0.1, 0.15) is 28.6 Å². The molecule has 0 fully saturated rings. The molecule has 2 rings (SSSR count). The maximum atomic E-state index is 13.3. The average molecular weight is 293 g/mol. The molecular formula is C14H16FN3OS. The van der Waals surface area contributed by atoms with Gasteiger partial charge in [0.25, 0.3) is 5.91 Å². The molecule has 0 saturated carbocycles. The summed E-state index contributed by atoms with van der Waals surface area (Å²) in [7, 11) is 0. The molecule has 2 N–H and O–H groups in total. The van der Waals surface area contributed by atoms with Crippen LogP contribution in [0.4, 0.5) is 10.2 Å². The Morgan fingerprint density at radius 1 is 1.50 bits per heavy atom. The van der Waals surface area contributed by atoms with Crippen molar-refractivity contribution in [2.45, 2.75) is 19.9 Å². The highest BCUT2D eigenvalue weighted by molar-refractivity contribution is 7.09. The van der Waals surface area contributed by atoms with Crippen LogP contribution in [0.2, 0.25) is 0 Å². The lowest BCUT2D eigenvalue weighted by atomic mass is 10.2. The predicted octanol–water partition coefficient (Wildman–Crippen LogP) is 3.03. The van der Waals surface area contributed by atoms with Crippen LogP contribution in [0.25, 0.3) is 0 Å². The molecule has 0 aliphatic heterocycles. The van der Waals surface area contributed by atoms with Crippen molar-refractivity contribution in [3.05, 3.63) is 46.0 Å². The summed E-state index contributed by atoms with van der Waals surface area (Å²) in [6, 6.07) is 5.06. The fraction of sp³-hybridized carbons (Fsp3) is 0.286. The predicted molar refractivity (Wildman–Crippen MR) is 78.5 cm³/mol. The summed E-state index contributed by atoms with van der Waals surface area (Å²) < 4.78 is 13.3. The molecule has 0 atom stereocenters. The number of halogens is 1. The van der Waals surface area contributed by atoms with Gasteiger partial charge in [0.2, 0.25) is 0 Å². The smallest absolute Gasteiger partial charge is 0.255 e. The molecule has 4 nitrogen and oxygen atoms in total. The maximum Gasteiger partial charge on any atom is 0.255 e. The Kier molecular flexibility index (Phi) is 5.06. The van der Waals surface area contributed by atoms with E-state index in [2.05, 4.69) is 15.6 Å². The minimum atomic E-state index is -0.520. The number of pyridine rings is 1. The monoisotopic (exact) mass is 293 g/mol. The van der Waals surface area contributed by atoms with Crippen LogP contribution < -0.4 is 10.6 Å². The Morgan fingerprint density at radius 3 is 3.05 bits per heavy atom. The lowest BCUT2D eigenvalue weighted by molar-refractivity contribution is 0.0951. The van der Waals surface area contributed by atoms with Crippen molar-refractivity contribution in [2.24, 2.45) is 0 Å². The van der Waals surface area contributed by atoms with Gasteiger partial charge in [-0.05, 0) is 23.9 Å². The highest BCUT2D eigenvalue weighted by Gasteiger charge is 2.13. The molecule has 106 valence electrons. The van der Waals surface area contributed by atoms with Crippen molar-refractivity contribution < 1.29 is 9.18 Å². The first-order valence-electron chi connectivity index (χ1n) is 6.40. The second kappa shape index (κ2) is 7.00. The number of carbonyl (C=O) groups is 1. The van der Waals surface area contributed by atoms with Crippen LogP contribution in [-0.4, -0.2) is 17.4 Å². The third-order valence-electron chi connectivity index (χ3n) is 2.64. The van der Waals surface area contributed by atoms with E-state index >= 15 is 0 Å². The number of aromatic nitrogens is 1. The number of anilines is 1. The van der Waals surface area contributed by atoms with E-state index in [1.807, 2.05) is 24.4 Å². The zero-order valence-electron chi connectivity index (χ0n) is 11.1. The van der Waals surface area contributed by atoms with Gasteiger partial charge in [-0.1, -0.05) is 13.0 Å². The Hall–Kier alpha value is -1.95. The zero-order chi connectivity index (χ0) is 14.4. The fourth-order valence-corrected chi connectivity index (χ4v) is 2.32. The summed E-state index contributed by atoms with van der Waals surface area (Å²) in [6.45, 7) is 3.12. The number of thiophene rings is 1. The SMILES string of the molecule is CCCNc1ncc(F)cc1C(=O)NCc1cccs1. The van der Waals surface area contributed by atoms with Crippen LogP contribution in [0.5, 0.6) is 0 Å². The van der Waals surface area contributed by atoms with E-state index in [9.17, 15) is 9.18 Å². The van der Waals surface area contributed by atoms with Gasteiger partial charge in [0.15, 0.2) is 0 Å². The quantitative estimate of drug-likeness (QED) is 0.860. The van der Waals surface area contributed by atoms with Crippen molar-refractivity contribution in [1.29, 1.82) is 0 Å². The van der Waals surface area contributed by atoms with Gasteiger partial charge in [0.1, 0.15) is 11.6 Å². The van der Waals surface area contributed by atoms with Crippen molar-refractivity contribution in [2.75, 3.05) is 11.9 Å². The molecule has 0 aliphatic carbocycles. The number of hydrogen-bond acceptors (Lipinski definition) is 4. The second-order valence-corrected chi connectivity index (χ2v) is 5.27. The van der Waals surface area contributed by atoms with E-state index < -0.39 is 5.82 Å². The van der Waals surface area contributed by atoms with Crippen molar-refractivity contribution in [1.82, 2.24) is 10.3 Å². The highest BCUT2D eigenvalue weighted by atomic mass is 32.1. The third-order valence-corrected chi connectivity index (χ3v) is 3.52. The van der Waals surface area contributed by atoms with Crippen molar-refractivity contribution >= 4 is 23.1 Å². The lowest BCUT2D eigenvalue weighted by Gasteiger charge is -2.10. The molecule has 6 heteroatoms. The molecule has 0 aromatic carbocycles. The molecule has 20 heavy (non-hydrogen) atoms. The summed E-state index contributed by atoms with van der Waals surface area (Å²) in [5, 5.41) is 7.74. The highest BCUT2D eigenvalue weighted by Crippen LogP contribution is 2.14. The van der Waals surface area contributed by atoms with E-state index in [-0.39, 0.29) is 11.5 Å². The van der Waals surface area contributed by atoms with E-state index in [1.54, 1.807) is 11.3 Å². The van der Waals surface area contributed by atoms with E-state index in [0.29, 0.717) is 18.9 Å². The number of carbonyl (C=O) groups excluding carboxylic acids is 1. The van der Waals surface area contributed by atoms with Crippen LogP contribution in [0.15, 0.2) is 29.8 Å². The number of nitrogens with one attached hydrogen (secondary N) is 2. The first-order valence-corrected chi connectivity index (χ1v) is 7.28. The Bertz CT molecular complexity index is 572. The molecule has 0 aliphatic rings. The topological polar surface area (TPSA) is 54.0 Å². The molecule has 1 amide bonds. The minimum Gasteiger partial charge on any atom is -0.369 e. The van der Waals surface area contributed by atoms with Crippen molar-refractivity contribution in [3.63, 3.8) is 0 Å². The molecule has 2 heterocycles. The first kappa shape index (κ1) is 14.5.